The number of nitrogens with zero attached hydrogens (tertiary/aromatic N) is 5. The maximum Gasteiger partial charge on any atom is 0.228 e. The predicted octanol–water partition coefficient (Wildman–Crippen LogP) is 2.02. The van der Waals surface area contributed by atoms with Gasteiger partial charge in [0.05, 0.1) is 6.20 Å². The number of hydrogen-bond donors (Lipinski definition) is 1. The van der Waals surface area contributed by atoms with Gasteiger partial charge in [0.25, 0.3) is 0 Å². The van der Waals surface area contributed by atoms with Crippen LogP contribution in [0, 0.1) is 5.82 Å². The number of halogens is 1. The number of hydrogen-bond acceptors (Lipinski definition) is 7. The minimum Gasteiger partial charge on any atom is -0.312 e. The smallest absolute Gasteiger partial charge is 0.228 e. The van der Waals surface area contributed by atoms with Gasteiger partial charge in [0.15, 0.2) is 17.1 Å². The Morgan fingerprint density at radius 2 is 1.81 bits per heavy atom. The Morgan fingerprint density at radius 1 is 1.00 bits per heavy atom. The SMILES string of the molecule is CS(=O)(=O)c1nc2nc(-c3ccncc3F)c(-c3cccnc3)nc2[nH]1. The molecule has 0 saturated carbocycles. The summed E-state index contributed by atoms with van der Waals surface area (Å²) in [5.74, 6) is -0.579. The first kappa shape index (κ1) is 16.2. The van der Waals surface area contributed by atoms with Crippen molar-refractivity contribution < 1.29 is 12.8 Å². The van der Waals surface area contributed by atoms with Gasteiger partial charge in [0.1, 0.15) is 11.4 Å². The largest absolute Gasteiger partial charge is 0.312 e. The highest BCUT2D eigenvalue weighted by atomic mass is 32.2. The molecule has 4 aromatic rings. The van der Waals surface area contributed by atoms with E-state index < -0.39 is 15.7 Å². The van der Waals surface area contributed by atoms with Crippen molar-refractivity contribution in [2.24, 2.45) is 0 Å². The van der Waals surface area contributed by atoms with Gasteiger partial charge in [0.2, 0.25) is 15.0 Å². The first-order chi connectivity index (χ1) is 12.4. The van der Waals surface area contributed by atoms with Gasteiger partial charge in [-0.05, 0) is 18.2 Å². The number of fused-ring (bicyclic) bond motifs is 1. The van der Waals surface area contributed by atoms with Crippen LogP contribution in [0.3, 0.4) is 0 Å². The van der Waals surface area contributed by atoms with Crippen molar-refractivity contribution in [1.29, 1.82) is 0 Å². The Kier molecular flexibility index (Phi) is 3.69. The van der Waals surface area contributed by atoms with Crippen molar-refractivity contribution in [2.75, 3.05) is 6.26 Å². The molecule has 0 aliphatic rings. The van der Waals surface area contributed by atoms with E-state index in [1.54, 1.807) is 24.5 Å². The van der Waals surface area contributed by atoms with Crippen molar-refractivity contribution in [3.63, 3.8) is 0 Å². The molecule has 0 atom stereocenters. The second-order valence-electron chi connectivity index (χ2n) is 5.50. The van der Waals surface area contributed by atoms with Crippen LogP contribution in [-0.4, -0.2) is 44.6 Å². The average Bonchev–Trinajstić information content (AvgIpc) is 3.05. The van der Waals surface area contributed by atoms with E-state index in [9.17, 15) is 12.8 Å². The van der Waals surface area contributed by atoms with Crippen molar-refractivity contribution in [2.45, 2.75) is 5.16 Å². The molecule has 0 aliphatic carbocycles. The molecule has 130 valence electrons. The molecule has 0 saturated heterocycles. The number of imidazole rings is 1. The van der Waals surface area contributed by atoms with Gasteiger partial charge in [-0.25, -0.2) is 22.8 Å². The van der Waals surface area contributed by atoms with E-state index in [1.165, 1.54) is 12.3 Å². The van der Waals surface area contributed by atoms with Gasteiger partial charge in [-0.15, -0.1) is 0 Å². The van der Waals surface area contributed by atoms with Crippen LogP contribution in [0.25, 0.3) is 33.8 Å². The molecule has 8 nitrogen and oxygen atoms in total. The summed E-state index contributed by atoms with van der Waals surface area (Å²) in [6.45, 7) is 0. The molecular formula is C16H11FN6O2S. The molecule has 0 amide bonds. The summed E-state index contributed by atoms with van der Waals surface area (Å²) in [5, 5.41) is -0.253. The van der Waals surface area contributed by atoms with Crippen LogP contribution in [0.5, 0.6) is 0 Å². The van der Waals surface area contributed by atoms with Crippen molar-refractivity contribution >= 4 is 21.1 Å². The molecule has 0 spiro atoms. The van der Waals surface area contributed by atoms with Gasteiger partial charge in [0, 0.05) is 36.0 Å². The maximum absolute atomic E-state index is 14.3. The second kappa shape index (κ2) is 5.92. The van der Waals surface area contributed by atoms with Crippen LogP contribution < -0.4 is 0 Å². The molecule has 0 unspecified atom stereocenters. The minimum atomic E-state index is -3.57. The Bertz CT molecular complexity index is 1220. The fraction of sp³-hybridized carbons (Fsp3) is 0.0625. The third-order valence-corrected chi connectivity index (χ3v) is 4.52. The maximum atomic E-state index is 14.3. The molecule has 0 bridgehead atoms. The van der Waals surface area contributed by atoms with Gasteiger partial charge in [-0.2, -0.15) is 4.98 Å². The molecule has 4 heterocycles. The van der Waals surface area contributed by atoms with Crippen LogP contribution >= 0.6 is 0 Å². The predicted molar refractivity (Wildman–Crippen MR) is 91.2 cm³/mol. The molecule has 0 radical (unpaired) electrons. The zero-order valence-electron chi connectivity index (χ0n) is 13.4. The Hall–Kier alpha value is -3.27. The van der Waals surface area contributed by atoms with Gasteiger partial charge in [-0.1, -0.05) is 0 Å². The zero-order valence-corrected chi connectivity index (χ0v) is 14.2. The summed E-state index contributed by atoms with van der Waals surface area (Å²) in [4.78, 5) is 23.2. The molecule has 1 N–H and O–H groups in total. The summed E-state index contributed by atoms with van der Waals surface area (Å²) >= 11 is 0. The lowest BCUT2D eigenvalue weighted by atomic mass is 10.1. The quantitative estimate of drug-likeness (QED) is 0.587. The lowest BCUT2D eigenvalue weighted by Crippen LogP contribution is -1.98. The fourth-order valence-electron chi connectivity index (χ4n) is 2.45. The number of pyridine rings is 2. The number of sulfone groups is 1. The number of nitrogens with one attached hydrogen (secondary N) is 1. The molecule has 0 aliphatic heterocycles. The summed E-state index contributed by atoms with van der Waals surface area (Å²) in [7, 11) is -3.57. The molecule has 26 heavy (non-hydrogen) atoms. The van der Waals surface area contributed by atoms with E-state index in [0.717, 1.165) is 12.5 Å². The highest BCUT2D eigenvalue weighted by molar-refractivity contribution is 7.90. The van der Waals surface area contributed by atoms with E-state index in [2.05, 4.69) is 29.9 Å². The standard InChI is InChI=1S/C16H11FN6O2S/c1-26(24,25)16-22-14-15(23-16)21-13(10-4-6-19-8-11(10)17)12(20-14)9-3-2-5-18-7-9/h2-8H,1H3,(H,20,21,22,23). The van der Waals surface area contributed by atoms with Crippen LogP contribution in [0.2, 0.25) is 0 Å². The third kappa shape index (κ3) is 2.80. The summed E-state index contributed by atoms with van der Waals surface area (Å²) in [5.41, 5.74) is 1.60. The third-order valence-electron chi connectivity index (χ3n) is 3.62. The minimum absolute atomic E-state index is 0.0734. The summed E-state index contributed by atoms with van der Waals surface area (Å²) in [6.07, 6.45) is 6.69. The van der Waals surface area contributed by atoms with Crippen LogP contribution in [-0.2, 0) is 9.84 Å². The topological polar surface area (TPSA) is 114 Å². The lowest BCUT2D eigenvalue weighted by Gasteiger charge is -2.08. The van der Waals surface area contributed by atoms with Crippen LogP contribution in [0.1, 0.15) is 0 Å². The van der Waals surface area contributed by atoms with Crippen molar-refractivity contribution in [1.82, 2.24) is 29.9 Å². The van der Waals surface area contributed by atoms with E-state index in [-0.39, 0.29) is 27.7 Å². The van der Waals surface area contributed by atoms with Crippen LogP contribution in [0.4, 0.5) is 4.39 Å². The van der Waals surface area contributed by atoms with Gasteiger partial charge >= 0.3 is 0 Å². The van der Waals surface area contributed by atoms with E-state index in [1.807, 2.05) is 0 Å². The fourth-order valence-corrected chi connectivity index (χ4v) is 2.98. The molecule has 4 aromatic heterocycles. The van der Waals surface area contributed by atoms with E-state index >= 15 is 0 Å². The van der Waals surface area contributed by atoms with Gasteiger partial charge in [-0.3, -0.25) is 9.97 Å². The average molecular weight is 370 g/mol. The Balaban J connectivity index is 2.06. The van der Waals surface area contributed by atoms with E-state index in [0.29, 0.717) is 11.3 Å². The highest BCUT2D eigenvalue weighted by Crippen LogP contribution is 2.31. The molecular weight excluding hydrogens is 359 g/mol. The lowest BCUT2D eigenvalue weighted by molar-refractivity contribution is 0.595. The number of aromatic nitrogens is 6. The van der Waals surface area contributed by atoms with Crippen molar-refractivity contribution in [3.8, 4) is 22.5 Å². The second-order valence-corrected chi connectivity index (χ2v) is 7.44. The summed E-state index contributed by atoms with van der Waals surface area (Å²) in [6, 6.07) is 4.93. The van der Waals surface area contributed by atoms with Crippen LogP contribution in [0.15, 0.2) is 48.1 Å². The molecule has 4 rings (SSSR count). The highest BCUT2D eigenvalue weighted by Gasteiger charge is 2.20. The molecule has 0 fully saturated rings. The number of rotatable bonds is 3. The number of aromatic amines is 1. The van der Waals surface area contributed by atoms with Crippen molar-refractivity contribution in [3.05, 3.63) is 48.8 Å². The normalized spacial score (nSPS) is 11.8. The van der Waals surface area contributed by atoms with E-state index in [4.69, 9.17) is 0 Å². The van der Waals surface area contributed by atoms with Gasteiger partial charge < -0.3 is 4.98 Å². The first-order valence-corrected chi connectivity index (χ1v) is 9.31. The number of H-pyrrole nitrogens is 1. The molecule has 10 heteroatoms. The Morgan fingerprint density at radius 3 is 2.50 bits per heavy atom. The summed E-state index contributed by atoms with van der Waals surface area (Å²) < 4.78 is 37.8. The Labute approximate surface area is 147 Å². The monoisotopic (exact) mass is 370 g/mol. The molecule has 0 aromatic carbocycles. The zero-order chi connectivity index (χ0) is 18.3. The first-order valence-electron chi connectivity index (χ1n) is 7.41.